The third kappa shape index (κ3) is 9.77. The molecule has 228 valence electrons. The molecule has 1 aliphatic carbocycles. The van der Waals surface area contributed by atoms with E-state index in [1.165, 1.54) is 11.4 Å². The van der Waals surface area contributed by atoms with Crippen molar-refractivity contribution in [1.29, 1.82) is 0 Å². The van der Waals surface area contributed by atoms with Gasteiger partial charge in [0, 0.05) is 34.4 Å². The molecule has 0 atom stereocenters. The molecule has 0 fully saturated rings. The van der Waals surface area contributed by atoms with E-state index in [4.69, 9.17) is 4.42 Å². The molecule has 0 N–H and O–H groups in total. The lowest BCUT2D eigenvalue weighted by Gasteiger charge is -2.29. The van der Waals surface area contributed by atoms with E-state index in [0.29, 0.717) is 10.8 Å². The van der Waals surface area contributed by atoms with E-state index in [0.717, 1.165) is 17.9 Å². The number of oxazole rings is 1. The summed E-state index contributed by atoms with van der Waals surface area (Å²) in [4.78, 5) is 8.80. The highest BCUT2D eigenvalue weighted by Gasteiger charge is 2.31. The van der Waals surface area contributed by atoms with Gasteiger partial charge in [0.05, 0.1) is 17.7 Å². The zero-order chi connectivity index (χ0) is 31.7. The molecular formula is C36H63N3O. The first-order valence-electron chi connectivity index (χ1n) is 15.0. The van der Waals surface area contributed by atoms with Crippen molar-refractivity contribution in [2.24, 2.45) is 17.9 Å². The average Bonchev–Trinajstić information content (AvgIpc) is 3.44. The van der Waals surface area contributed by atoms with Crippen LogP contribution >= 0.6 is 0 Å². The summed E-state index contributed by atoms with van der Waals surface area (Å²) in [5.74, 6) is 1.00. The Bertz CT molecular complexity index is 1130. The Hall–Kier alpha value is -2.10. The van der Waals surface area contributed by atoms with Crippen molar-refractivity contribution in [3.05, 3.63) is 58.9 Å². The van der Waals surface area contributed by atoms with Gasteiger partial charge >= 0.3 is 0 Å². The number of hydrogen-bond acceptors (Lipinski definition) is 3. The van der Waals surface area contributed by atoms with Crippen molar-refractivity contribution in [2.45, 2.75) is 153 Å². The van der Waals surface area contributed by atoms with Gasteiger partial charge in [-0.25, -0.2) is 9.97 Å². The van der Waals surface area contributed by atoms with E-state index in [1.807, 2.05) is 6.33 Å². The second-order valence-electron chi connectivity index (χ2n) is 17.6. The molecule has 0 aliphatic heterocycles. The molecule has 0 bridgehead atoms. The van der Waals surface area contributed by atoms with Gasteiger partial charge in [-0.3, -0.25) is 0 Å². The van der Waals surface area contributed by atoms with E-state index in [9.17, 15) is 0 Å². The van der Waals surface area contributed by atoms with Crippen LogP contribution in [0.2, 0.25) is 0 Å². The summed E-state index contributed by atoms with van der Waals surface area (Å²) in [6.07, 6.45) is 9.21. The summed E-state index contributed by atoms with van der Waals surface area (Å²) >= 11 is 0. The summed E-state index contributed by atoms with van der Waals surface area (Å²) in [5.41, 5.74) is 7.80. The van der Waals surface area contributed by atoms with Gasteiger partial charge in [0.2, 0.25) is 0 Å². The van der Waals surface area contributed by atoms with Crippen LogP contribution in [0, 0.1) is 10.8 Å². The average molecular weight is 554 g/mol. The van der Waals surface area contributed by atoms with Gasteiger partial charge in [0.1, 0.15) is 5.76 Å². The van der Waals surface area contributed by atoms with Gasteiger partial charge in [0.15, 0.2) is 6.39 Å². The predicted molar refractivity (Wildman–Crippen MR) is 174 cm³/mol. The van der Waals surface area contributed by atoms with Crippen molar-refractivity contribution < 1.29 is 4.42 Å². The van der Waals surface area contributed by atoms with Crippen molar-refractivity contribution in [3.63, 3.8) is 0 Å². The Morgan fingerprint density at radius 2 is 1.10 bits per heavy atom. The van der Waals surface area contributed by atoms with E-state index < -0.39 is 0 Å². The number of aromatic nitrogens is 3. The first-order valence-corrected chi connectivity index (χ1v) is 15.0. The number of nitrogens with zero attached hydrogens (tertiary/aromatic N) is 3. The van der Waals surface area contributed by atoms with Crippen LogP contribution in [0.25, 0.3) is 0 Å². The van der Waals surface area contributed by atoms with Crippen LogP contribution < -0.4 is 0 Å². The first-order chi connectivity index (χ1) is 17.6. The molecule has 1 aliphatic rings. The fourth-order valence-electron chi connectivity index (χ4n) is 5.09. The third-order valence-electron chi connectivity index (χ3n) is 6.96. The number of imidazole rings is 1. The maximum Gasteiger partial charge on any atom is 0.181 e. The van der Waals surface area contributed by atoms with E-state index >= 15 is 0 Å². The van der Waals surface area contributed by atoms with Crippen LogP contribution in [0.4, 0.5) is 0 Å². The summed E-state index contributed by atoms with van der Waals surface area (Å²) in [5, 5.41) is 0. The lowest BCUT2D eigenvalue weighted by molar-refractivity contribution is 0.392. The second kappa shape index (κ2) is 12.0. The molecule has 0 radical (unpaired) electrons. The summed E-state index contributed by atoms with van der Waals surface area (Å²) in [6, 6.07) is 0. The standard InChI is InChI=1S/C13H22.C12H22N2.C11H19NO/c1-12(2,3)10-8-7-9-11(10)13(4,5)6;1-11(2,3)9-10(12(4,5)6)14(7)8-13-9;1-10(2,3)8-9(11(4,5)6)13-7-12-8/h7-8H,9H2,1-6H3;8H,1-7H3;7H,1-6H3. The fraction of sp³-hybridized carbons (Fsp3) is 0.722. The van der Waals surface area contributed by atoms with Crippen LogP contribution in [0.3, 0.4) is 0 Å². The molecule has 2 aromatic heterocycles. The maximum absolute atomic E-state index is 5.44. The number of rotatable bonds is 0. The van der Waals surface area contributed by atoms with Crippen LogP contribution in [0.5, 0.6) is 0 Å². The molecule has 4 heteroatoms. The number of aryl methyl sites for hydroxylation is 1. The fourth-order valence-corrected chi connectivity index (χ4v) is 5.09. The summed E-state index contributed by atoms with van der Waals surface area (Å²) in [6.45, 7) is 40.0. The summed E-state index contributed by atoms with van der Waals surface area (Å²) < 4.78 is 7.58. The zero-order valence-corrected chi connectivity index (χ0v) is 29.8. The van der Waals surface area contributed by atoms with E-state index in [1.54, 1.807) is 17.5 Å². The Labute approximate surface area is 248 Å². The van der Waals surface area contributed by atoms with Crippen LogP contribution in [-0.2, 0) is 28.7 Å². The lowest BCUT2D eigenvalue weighted by Crippen LogP contribution is -2.23. The smallest absolute Gasteiger partial charge is 0.181 e. The highest BCUT2D eigenvalue weighted by atomic mass is 16.3. The van der Waals surface area contributed by atoms with Crippen LogP contribution in [0.1, 0.15) is 154 Å². The van der Waals surface area contributed by atoms with Gasteiger partial charge in [0.25, 0.3) is 0 Å². The normalized spacial score (nSPS) is 15.1. The monoisotopic (exact) mass is 553 g/mol. The molecule has 0 amide bonds. The van der Waals surface area contributed by atoms with Crippen molar-refractivity contribution in [2.75, 3.05) is 0 Å². The Morgan fingerprint density at radius 1 is 0.600 bits per heavy atom. The predicted octanol–water partition coefficient (Wildman–Crippen LogP) is 10.6. The van der Waals surface area contributed by atoms with E-state index in [-0.39, 0.29) is 21.7 Å². The Kier molecular flexibility index (Phi) is 10.8. The molecule has 0 saturated heterocycles. The molecule has 4 nitrogen and oxygen atoms in total. The van der Waals surface area contributed by atoms with Crippen molar-refractivity contribution >= 4 is 0 Å². The molecule has 2 aromatic rings. The van der Waals surface area contributed by atoms with Crippen LogP contribution in [-0.4, -0.2) is 14.5 Å². The van der Waals surface area contributed by atoms with Gasteiger partial charge < -0.3 is 8.98 Å². The quantitative estimate of drug-likeness (QED) is 0.326. The molecule has 40 heavy (non-hydrogen) atoms. The second-order valence-corrected chi connectivity index (χ2v) is 17.6. The SMILES string of the molecule is CC(C)(C)C1=C(C(C)(C)C)CC=C1.CC(C)(C)c1ncoc1C(C)(C)C.Cn1cnc(C(C)(C)C)c1C(C)(C)C. The van der Waals surface area contributed by atoms with Crippen molar-refractivity contribution in [3.8, 4) is 0 Å². The van der Waals surface area contributed by atoms with Gasteiger partial charge in [-0.2, -0.15) is 0 Å². The number of hydrogen-bond donors (Lipinski definition) is 0. The Balaban J connectivity index is 0.000000300. The zero-order valence-electron chi connectivity index (χ0n) is 29.8. The topological polar surface area (TPSA) is 43.9 Å². The lowest BCUT2D eigenvalue weighted by atomic mass is 9.76. The maximum atomic E-state index is 5.44. The minimum atomic E-state index is 0.0408. The molecule has 3 rings (SSSR count). The highest BCUT2D eigenvalue weighted by molar-refractivity contribution is 5.40. The minimum absolute atomic E-state index is 0.0408. The minimum Gasteiger partial charge on any atom is -0.448 e. The van der Waals surface area contributed by atoms with Gasteiger partial charge in [-0.05, 0) is 22.8 Å². The van der Waals surface area contributed by atoms with E-state index in [2.05, 4.69) is 158 Å². The molecule has 2 heterocycles. The molecule has 0 aromatic carbocycles. The summed E-state index contributed by atoms with van der Waals surface area (Å²) in [7, 11) is 2.07. The largest absolute Gasteiger partial charge is 0.448 e. The molecule has 0 saturated carbocycles. The van der Waals surface area contributed by atoms with Gasteiger partial charge in [-0.1, -0.05) is 142 Å². The van der Waals surface area contributed by atoms with Crippen molar-refractivity contribution in [1.82, 2.24) is 14.5 Å². The highest BCUT2D eigenvalue weighted by Crippen LogP contribution is 2.42. The number of allylic oxidation sites excluding steroid dienone is 4. The molecule has 0 spiro atoms. The molecule has 0 unspecified atom stereocenters. The molecular weight excluding hydrogens is 490 g/mol. The third-order valence-corrected chi connectivity index (χ3v) is 6.96. The van der Waals surface area contributed by atoms with Crippen LogP contribution in [0.15, 0.2) is 40.4 Å². The Morgan fingerprint density at radius 3 is 1.40 bits per heavy atom. The van der Waals surface area contributed by atoms with Gasteiger partial charge in [-0.15, -0.1) is 0 Å². The first kappa shape index (κ1) is 35.9.